The maximum atomic E-state index is 12.8. The van der Waals surface area contributed by atoms with Gasteiger partial charge in [-0.15, -0.1) is 11.3 Å². The number of rotatable bonds is 4. The van der Waals surface area contributed by atoms with Gasteiger partial charge in [0, 0.05) is 12.6 Å². The molecule has 1 aliphatic heterocycles. The largest absolute Gasteiger partial charge is 0.477 e. The van der Waals surface area contributed by atoms with E-state index in [1.54, 1.807) is 0 Å². The van der Waals surface area contributed by atoms with Crippen LogP contribution >= 0.6 is 11.3 Å². The van der Waals surface area contributed by atoms with Crippen LogP contribution in [0.15, 0.2) is 16.3 Å². The molecule has 0 saturated carbocycles. The maximum absolute atomic E-state index is 12.8. The molecule has 1 N–H and O–H groups in total. The van der Waals surface area contributed by atoms with Crippen molar-refractivity contribution in [3.63, 3.8) is 0 Å². The van der Waals surface area contributed by atoms with Gasteiger partial charge in [-0.3, -0.25) is 0 Å². The molecule has 1 atom stereocenters. The highest BCUT2D eigenvalue weighted by molar-refractivity contribution is 7.89. The van der Waals surface area contributed by atoms with Gasteiger partial charge in [-0.25, -0.2) is 13.2 Å². The molecule has 2 rings (SSSR count). The van der Waals surface area contributed by atoms with Gasteiger partial charge in [0.05, 0.1) is 0 Å². The molecule has 2 heterocycles. The van der Waals surface area contributed by atoms with Crippen LogP contribution in [0, 0.1) is 0 Å². The highest BCUT2D eigenvalue weighted by Gasteiger charge is 2.34. The first-order valence-corrected chi connectivity index (χ1v) is 9.13. The zero-order valence-electron chi connectivity index (χ0n) is 11.4. The van der Waals surface area contributed by atoms with E-state index < -0.39 is 16.0 Å². The summed E-state index contributed by atoms with van der Waals surface area (Å²) in [6.45, 7) is 2.46. The third-order valence-corrected chi connectivity index (χ3v) is 6.73. The van der Waals surface area contributed by atoms with Crippen LogP contribution in [-0.2, 0) is 10.0 Å². The van der Waals surface area contributed by atoms with Crippen molar-refractivity contribution in [2.24, 2.45) is 0 Å². The predicted octanol–water partition coefficient (Wildman–Crippen LogP) is 2.79. The van der Waals surface area contributed by atoms with Crippen molar-refractivity contribution in [2.45, 2.75) is 50.0 Å². The highest BCUT2D eigenvalue weighted by atomic mass is 32.2. The lowest BCUT2D eigenvalue weighted by Gasteiger charge is -2.28. The van der Waals surface area contributed by atoms with Crippen LogP contribution in [0.4, 0.5) is 0 Å². The minimum absolute atomic E-state index is 0.0240. The number of thiophene rings is 1. The Balaban J connectivity index is 2.41. The lowest BCUT2D eigenvalue weighted by atomic mass is 10.1. The SMILES string of the molecule is CCC1CCCCCN1S(=O)(=O)c1ccsc1C(=O)O. The fourth-order valence-corrected chi connectivity index (χ4v) is 5.66. The predicted molar refractivity (Wildman–Crippen MR) is 77.7 cm³/mol. The number of nitrogens with zero attached hydrogens (tertiary/aromatic N) is 1. The van der Waals surface area contributed by atoms with Crippen LogP contribution in [0.1, 0.15) is 48.7 Å². The number of hydrogen-bond donors (Lipinski definition) is 1. The summed E-state index contributed by atoms with van der Waals surface area (Å²) < 4.78 is 27.0. The molecule has 7 heteroatoms. The van der Waals surface area contributed by atoms with Crippen molar-refractivity contribution in [1.82, 2.24) is 4.31 Å². The Morgan fingerprint density at radius 3 is 2.85 bits per heavy atom. The molecule has 1 aliphatic rings. The Morgan fingerprint density at radius 1 is 1.45 bits per heavy atom. The zero-order valence-corrected chi connectivity index (χ0v) is 13.0. The Morgan fingerprint density at radius 2 is 2.20 bits per heavy atom. The zero-order chi connectivity index (χ0) is 14.8. The first-order chi connectivity index (χ1) is 9.48. The van der Waals surface area contributed by atoms with Gasteiger partial charge in [0.1, 0.15) is 9.77 Å². The second-order valence-corrected chi connectivity index (χ2v) is 7.72. The van der Waals surface area contributed by atoms with Crippen LogP contribution in [0.5, 0.6) is 0 Å². The summed E-state index contributed by atoms with van der Waals surface area (Å²) in [6.07, 6.45) is 4.49. The van der Waals surface area contributed by atoms with Crippen LogP contribution < -0.4 is 0 Å². The second kappa shape index (κ2) is 6.24. The lowest BCUT2D eigenvalue weighted by Crippen LogP contribution is -2.39. The van der Waals surface area contributed by atoms with Crippen molar-refractivity contribution < 1.29 is 18.3 Å². The number of carbonyl (C=O) groups is 1. The molecule has 1 unspecified atom stereocenters. The lowest BCUT2D eigenvalue weighted by molar-refractivity contribution is 0.0698. The number of aromatic carboxylic acids is 1. The Bertz CT molecular complexity index is 579. The van der Waals surface area contributed by atoms with Gasteiger partial charge in [0.15, 0.2) is 0 Å². The van der Waals surface area contributed by atoms with Crippen molar-refractivity contribution in [3.05, 3.63) is 16.3 Å². The minimum atomic E-state index is -3.72. The van der Waals surface area contributed by atoms with Gasteiger partial charge in [-0.1, -0.05) is 19.8 Å². The third-order valence-electron chi connectivity index (χ3n) is 3.70. The molecule has 1 fully saturated rings. The Kier molecular flexibility index (Phi) is 4.82. The van der Waals surface area contributed by atoms with E-state index in [9.17, 15) is 13.2 Å². The number of carboxylic acids is 1. The highest BCUT2D eigenvalue weighted by Crippen LogP contribution is 2.30. The van der Waals surface area contributed by atoms with Gasteiger partial charge in [-0.05, 0) is 30.7 Å². The van der Waals surface area contributed by atoms with Crippen molar-refractivity contribution >= 4 is 27.3 Å². The van der Waals surface area contributed by atoms with E-state index in [-0.39, 0.29) is 15.8 Å². The normalized spacial score (nSPS) is 21.6. The first-order valence-electron chi connectivity index (χ1n) is 6.81. The number of hydrogen-bond acceptors (Lipinski definition) is 4. The molecule has 0 aliphatic carbocycles. The average Bonchev–Trinajstić information content (AvgIpc) is 2.78. The molecule has 5 nitrogen and oxygen atoms in total. The summed E-state index contributed by atoms with van der Waals surface area (Å²) in [6, 6.07) is 1.38. The molecule has 0 spiro atoms. The fraction of sp³-hybridized carbons (Fsp3) is 0.615. The molecular formula is C13H19NO4S2. The summed E-state index contributed by atoms with van der Waals surface area (Å²) in [7, 11) is -3.72. The van der Waals surface area contributed by atoms with E-state index in [4.69, 9.17) is 5.11 Å². The molecule has 0 radical (unpaired) electrons. The molecule has 0 amide bonds. The first kappa shape index (κ1) is 15.5. The van der Waals surface area contributed by atoms with Crippen LogP contribution in [0.3, 0.4) is 0 Å². The number of sulfonamides is 1. The molecule has 0 bridgehead atoms. The van der Waals surface area contributed by atoms with E-state index in [0.29, 0.717) is 6.54 Å². The van der Waals surface area contributed by atoms with E-state index in [1.807, 2.05) is 6.92 Å². The average molecular weight is 317 g/mol. The van der Waals surface area contributed by atoms with Gasteiger partial charge < -0.3 is 5.11 Å². The van der Waals surface area contributed by atoms with Gasteiger partial charge in [-0.2, -0.15) is 4.31 Å². The molecular weight excluding hydrogens is 298 g/mol. The fourth-order valence-electron chi connectivity index (χ4n) is 2.66. The second-order valence-electron chi connectivity index (χ2n) is 4.95. The third kappa shape index (κ3) is 2.89. The minimum Gasteiger partial charge on any atom is -0.477 e. The Labute approximate surface area is 123 Å². The van der Waals surface area contributed by atoms with Crippen molar-refractivity contribution in [1.29, 1.82) is 0 Å². The summed E-state index contributed by atoms with van der Waals surface area (Å²) in [5.41, 5.74) is 0. The molecule has 112 valence electrons. The van der Waals surface area contributed by atoms with Crippen LogP contribution in [0.25, 0.3) is 0 Å². The van der Waals surface area contributed by atoms with E-state index in [2.05, 4.69) is 0 Å². The molecule has 1 aromatic heterocycles. The smallest absolute Gasteiger partial charge is 0.347 e. The van der Waals surface area contributed by atoms with Crippen molar-refractivity contribution in [2.75, 3.05) is 6.54 Å². The van der Waals surface area contributed by atoms with Gasteiger partial charge >= 0.3 is 5.97 Å². The quantitative estimate of drug-likeness (QED) is 0.926. The monoisotopic (exact) mass is 317 g/mol. The molecule has 1 saturated heterocycles. The van der Waals surface area contributed by atoms with Gasteiger partial charge in [0.25, 0.3) is 0 Å². The number of carboxylic acid groups (broad SMARTS) is 1. The van der Waals surface area contributed by atoms with Crippen molar-refractivity contribution in [3.8, 4) is 0 Å². The van der Waals surface area contributed by atoms with E-state index >= 15 is 0 Å². The molecule has 20 heavy (non-hydrogen) atoms. The van der Waals surface area contributed by atoms with Gasteiger partial charge in [0.2, 0.25) is 10.0 Å². The topological polar surface area (TPSA) is 74.7 Å². The Hall–Kier alpha value is -0.920. The summed E-state index contributed by atoms with van der Waals surface area (Å²) >= 11 is 0.957. The van der Waals surface area contributed by atoms with Crippen LogP contribution in [0.2, 0.25) is 0 Å². The summed E-state index contributed by atoms with van der Waals surface area (Å²) in [4.78, 5) is 11.0. The standard InChI is InChI=1S/C13H19NO4S2/c1-2-10-6-4-3-5-8-14(10)20(17,18)11-7-9-19-12(11)13(15)16/h7,9-10H,2-6,8H2,1H3,(H,15,16). The maximum Gasteiger partial charge on any atom is 0.347 e. The van der Waals surface area contributed by atoms with Crippen LogP contribution in [-0.4, -0.2) is 36.4 Å². The molecule has 1 aromatic rings. The van der Waals surface area contributed by atoms with E-state index in [0.717, 1.165) is 43.4 Å². The summed E-state index contributed by atoms with van der Waals surface area (Å²) in [5.74, 6) is -1.18. The van der Waals surface area contributed by atoms with E-state index in [1.165, 1.54) is 15.8 Å². The molecule has 0 aromatic carbocycles. The summed E-state index contributed by atoms with van der Waals surface area (Å²) in [5, 5.41) is 10.6.